The van der Waals surface area contributed by atoms with Crippen LogP contribution in [-0.2, 0) is 0 Å². The van der Waals surface area contributed by atoms with Crippen molar-refractivity contribution in [2.75, 3.05) is 26.0 Å². The molecule has 8 nitrogen and oxygen atoms in total. The molecule has 0 aliphatic rings. The van der Waals surface area contributed by atoms with Crippen LogP contribution in [0.1, 0.15) is 28.4 Å². The van der Waals surface area contributed by atoms with Crippen molar-refractivity contribution in [3.63, 3.8) is 0 Å². The van der Waals surface area contributed by atoms with Crippen LogP contribution >= 0.6 is 22.9 Å². The molecular weight excluding hydrogens is 472 g/mol. The topological polar surface area (TPSA) is 93.1 Å². The summed E-state index contributed by atoms with van der Waals surface area (Å²) in [6.07, 6.45) is 5.33. The molecule has 4 aromatic rings. The van der Waals surface area contributed by atoms with Crippen molar-refractivity contribution in [2.24, 2.45) is 0 Å². The summed E-state index contributed by atoms with van der Waals surface area (Å²) in [5.74, 6) is -0.104. The van der Waals surface area contributed by atoms with E-state index in [1.807, 2.05) is 56.6 Å². The van der Waals surface area contributed by atoms with Crippen LogP contribution in [-0.4, -0.2) is 51.6 Å². The van der Waals surface area contributed by atoms with Crippen molar-refractivity contribution in [3.05, 3.63) is 83.3 Å². The Kier molecular flexibility index (Phi) is 7.79. The van der Waals surface area contributed by atoms with Gasteiger partial charge in [-0.2, -0.15) is 0 Å². The molecule has 0 fully saturated rings. The monoisotopic (exact) mass is 494 g/mol. The first-order chi connectivity index (χ1) is 16.5. The maximum Gasteiger partial charge on any atom is 0.259 e. The quantitative estimate of drug-likeness (QED) is 0.351. The van der Waals surface area contributed by atoms with Crippen molar-refractivity contribution in [3.8, 4) is 16.5 Å². The largest absolute Gasteiger partial charge is 0.468 e. The molecular formula is C24H23ClN6O2S. The average molecular weight is 495 g/mol. The molecule has 0 saturated heterocycles. The van der Waals surface area contributed by atoms with Gasteiger partial charge in [-0.1, -0.05) is 53.3 Å². The van der Waals surface area contributed by atoms with E-state index in [-0.39, 0.29) is 22.9 Å². The van der Waals surface area contributed by atoms with Gasteiger partial charge in [0.05, 0.1) is 5.56 Å². The number of anilines is 1. The highest BCUT2D eigenvalue weighted by Gasteiger charge is 2.18. The van der Waals surface area contributed by atoms with E-state index in [0.29, 0.717) is 15.7 Å². The van der Waals surface area contributed by atoms with E-state index < -0.39 is 0 Å². The molecule has 0 radical (unpaired) electrons. The lowest BCUT2D eigenvalue weighted by atomic mass is 10.1. The number of nitrogens with one attached hydrogen (secondary N) is 1. The Labute approximate surface area is 206 Å². The van der Waals surface area contributed by atoms with Gasteiger partial charge in [0.15, 0.2) is 0 Å². The van der Waals surface area contributed by atoms with Gasteiger partial charge in [0.1, 0.15) is 16.1 Å². The van der Waals surface area contributed by atoms with E-state index in [2.05, 4.69) is 30.4 Å². The van der Waals surface area contributed by atoms with E-state index >= 15 is 0 Å². The molecule has 174 valence electrons. The Morgan fingerprint density at radius 3 is 2.62 bits per heavy atom. The minimum absolute atomic E-state index is 0.221. The van der Waals surface area contributed by atoms with Gasteiger partial charge in [-0.25, -0.2) is 4.98 Å². The number of amides is 1. The van der Waals surface area contributed by atoms with E-state index in [1.54, 1.807) is 12.4 Å². The molecule has 1 atom stereocenters. The van der Waals surface area contributed by atoms with Crippen LogP contribution in [0.25, 0.3) is 10.6 Å². The molecule has 1 amide bonds. The number of halogens is 1. The minimum atomic E-state index is -0.384. The van der Waals surface area contributed by atoms with Gasteiger partial charge in [0.25, 0.3) is 5.91 Å². The summed E-state index contributed by atoms with van der Waals surface area (Å²) in [4.78, 5) is 23.1. The standard InChI is InChI=1S/C24H23ClN6O2S/c1-31(2)13-10-20(16-6-4-3-5-7-16)33-22-19(25)14-18(15-27-22)21(32)28-24-30-29-23(34-24)17-8-11-26-12-9-17/h3-9,11-12,14-15,20H,10,13H2,1-2H3,(H,28,30,32). The Morgan fingerprint density at radius 1 is 1.15 bits per heavy atom. The van der Waals surface area contributed by atoms with Gasteiger partial charge in [0, 0.05) is 37.1 Å². The van der Waals surface area contributed by atoms with E-state index in [1.165, 1.54) is 23.6 Å². The zero-order chi connectivity index (χ0) is 23.9. The van der Waals surface area contributed by atoms with Crippen molar-refractivity contribution in [1.29, 1.82) is 0 Å². The van der Waals surface area contributed by atoms with Crippen LogP contribution in [0.5, 0.6) is 5.88 Å². The number of carbonyl (C=O) groups excluding carboxylic acids is 1. The molecule has 1 aromatic carbocycles. The lowest BCUT2D eigenvalue weighted by molar-refractivity contribution is 0.102. The lowest BCUT2D eigenvalue weighted by Gasteiger charge is -2.21. The number of rotatable bonds is 9. The second-order valence-electron chi connectivity index (χ2n) is 7.72. The maximum atomic E-state index is 12.7. The van der Waals surface area contributed by atoms with Crippen LogP contribution in [0, 0.1) is 0 Å². The number of pyridine rings is 2. The van der Waals surface area contributed by atoms with E-state index in [9.17, 15) is 4.79 Å². The first-order valence-electron chi connectivity index (χ1n) is 10.6. The fraction of sp³-hybridized carbons (Fsp3) is 0.208. The summed E-state index contributed by atoms with van der Waals surface area (Å²) < 4.78 is 6.16. The fourth-order valence-electron chi connectivity index (χ4n) is 3.16. The van der Waals surface area contributed by atoms with Crippen LogP contribution in [0.2, 0.25) is 5.02 Å². The van der Waals surface area contributed by atoms with Crippen LogP contribution < -0.4 is 10.1 Å². The Bertz CT molecular complexity index is 1240. The smallest absolute Gasteiger partial charge is 0.259 e. The molecule has 0 spiro atoms. The fourth-order valence-corrected chi connectivity index (χ4v) is 4.12. The number of hydrogen-bond acceptors (Lipinski definition) is 8. The Balaban J connectivity index is 1.45. The zero-order valence-corrected chi connectivity index (χ0v) is 20.3. The van der Waals surface area contributed by atoms with Gasteiger partial charge in [0.2, 0.25) is 11.0 Å². The summed E-state index contributed by atoms with van der Waals surface area (Å²) in [5, 5.41) is 12.2. The molecule has 3 heterocycles. The molecule has 1 N–H and O–H groups in total. The number of benzene rings is 1. The summed E-state index contributed by atoms with van der Waals surface area (Å²) >= 11 is 7.71. The van der Waals surface area contributed by atoms with E-state index in [4.69, 9.17) is 16.3 Å². The van der Waals surface area contributed by atoms with E-state index in [0.717, 1.165) is 24.1 Å². The highest BCUT2D eigenvalue weighted by molar-refractivity contribution is 7.18. The number of nitrogens with zero attached hydrogens (tertiary/aromatic N) is 5. The van der Waals surface area contributed by atoms with Gasteiger partial charge in [-0.3, -0.25) is 15.1 Å². The van der Waals surface area contributed by atoms with Gasteiger partial charge in [-0.05, 0) is 37.9 Å². The highest BCUT2D eigenvalue weighted by atomic mass is 35.5. The third-order valence-electron chi connectivity index (χ3n) is 4.91. The molecule has 3 aromatic heterocycles. The number of ether oxygens (including phenoxy) is 1. The van der Waals surface area contributed by atoms with Crippen molar-refractivity contribution >= 4 is 34.0 Å². The molecule has 4 rings (SSSR count). The molecule has 34 heavy (non-hydrogen) atoms. The molecule has 0 aliphatic heterocycles. The van der Waals surface area contributed by atoms with Gasteiger partial charge in [-0.15, -0.1) is 10.2 Å². The molecule has 0 aliphatic carbocycles. The third-order valence-corrected chi connectivity index (χ3v) is 6.06. The lowest BCUT2D eigenvalue weighted by Crippen LogP contribution is -2.19. The number of hydrogen-bond donors (Lipinski definition) is 1. The highest BCUT2D eigenvalue weighted by Crippen LogP contribution is 2.30. The van der Waals surface area contributed by atoms with Crippen molar-refractivity contribution in [1.82, 2.24) is 25.1 Å². The number of carbonyl (C=O) groups is 1. The second-order valence-corrected chi connectivity index (χ2v) is 9.11. The van der Waals surface area contributed by atoms with Gasteiger partial charge >= 0.3 is 0 Å². The first kappa shape index (κ1) is 23.7. The predicted molar refractivity (Wildman–Crippen MR) is 133 cm³/mol. The van der Waals surface area contributed by atoms with Crippen molar-refractivity contribution < 1.29 is 9.53 Å². The summed E-state index contributed by atoms with van der Waals surface area (Å²) in [5.41, 5.74) is 2.20. The van der Waals surface area contributed by atoms with Crippen LogP contribution in [0.4, 0.5) is 5.13 Å². The van der Waals surface area contributed by atoms with Gasteiger partial charge < -0.3 is 9.64 Å². The Hall–Kier alpha value is -3.40. The summed E-state index contributed by atoms with van der Waals surface area (Å²) in [6.45, 7) is 0.834. The predicted octanol–water partition coefficient (Wildman–Crippen LogP) is 4.97. The summed E-state index contributed by atoms with van der Waals surface area (Å²) in [6, 6.07) is 15.1. The zero-order valence-electron chi connectivity index (χ0n) is 18.7. The third kappa shape index (κ3) is 6.13. The molecule has 1 unspecified atom stereocenters. The summed E-state index contributed by atoms with van der Waals surface area (Å²) in [7, 11) is 4.03. The molecule has 0 bridgehead atoms. The Morgan fingerprint density at radius 2 is 1.91 bits per heavy atom. The molecule has 10 heteroatoms. The SMILES string of the molecule is CN(C)CCC(Oc1ncc(C(=O)Nc2nnc(-c3ccncc3)s2)cc1Cl)c1ccccc1. The second kappa shape index (κ2) is 11.1. The molecule has 0 saturated carbocycles. The average Bonchev–Trinajstić information content (AvgIpc) is 3.32. The van der Waals surface area contributed by atoms with Crippen molar-refractivity contribution in [2.45, 2.75) is 12.5 Å². The minimum Gasteiger partial charge on any atom is -0.468 e. The first-order valence-corrected chi connectivity index (χ1v) is 11.8. The maximum absolute atomic E-state index is 12.7. The normalized spacial score (nSPS) is 11.9. The van der Waals surface area contributed by atoms with Crippen LogP contribution in [0.15, 0.2) is 67.1 Å². The number of aromatic nitrogens is 4. The van der Waals surface area contributed by atoms with Crippen LogP contribution in [0.3, 0.4) is 0 Å².